The van der Waals surface area contributed by atoms with Gasteiger partial charge in [0.1, 0.15) is 0 Å². The summed E-state index contributed by atoms with van der Waals surface area (Å²) < 4.78 is 31.0. The van der Waals surface area contributed by atoms with Crippen molar-refractivity contribution in [1.82, 2.24) is 4.72 Å². The van der Waals surface area contributed by atoms with Gasteiger partial charge in [0.05, 0.1) is 23.6 Å². The summed E-state index contributed by atoms with van der Waals surface area (Å²) in [6.45, 7) is 0.292. The second-order valence-corrected chi connectivity index (χ2v) is 6.19. The molecule has 114 valence electrons. The predicted molar refractivity (Wildman–Crippen MR) is 76.8 cm³/mol. The van der Waals surface area contributed by atoms with Crippen molar-refractivity contribution in [1.29, 1.82) is 5.26 Å². The zero-order valence-corrected chi connectivity index (χ0v) is 12.6. The molecule has 0 atom stereocenters. The van der Waals surface area contributed by atoms with Gasteiger partial charge in [0.2, 0.25) is 10.0 Å². The molecule has 0 bridgehead atoms. The van der Waals surface area contributed by atoms with E-state index in [2.05, 4.69) is 9.46 Å². The topological polar surface area (TPSA) is 96.3 Å². The molecule has 1 aromatic carbocycles. The monoisotopic (exact) mass is 310 g/mol. The lowest BCUT2D eigenvalue weighted by Crippen LogP contribution is -2.24. The molecular formula is C14H18N2O4S. The van der Waals surface area contributed by atoms with E-state index < -0.39 is 10.0 Å². The molecule has 6 nitrogen and oxygen atoms in total. The van der Waals surface area contributed by atoms with Crippen molar-refractivity contribution in [3.8, 4) is 6.07 Å². The minimum absolute atomic E-state index is 0.0797. The molecule has 0 fully saturated rings. The third kappa shape index (κ3) is 5.94. The van der Waals surface area contributed by atoms with Crippen LogP contribution >= 0.6 is 0 Å². The fourth-order valence-corrected chi connectivity index (χ4v) is 2.82. The van der Waals surface area contributed by atoms with Gasteiger partial charge in [-0.05, 0) is 31.0 Å². The van der Waals surface area contributed by atoms with Gasteiger partial charge in [-0.3, -0.25) is 4.79 Å². The van der Waals surface area contributed by atoms with Crippen molar-refractivity contribution in [3.63, 3.8) is 0 Å². The summed E-state index contributed by atoms with van der Waals surface area (Å²) in [6, 6.07) is 7.76. The number of esters is 1. The van der Waals surface area contributed by atoms with Crippen LogP contribution < -0.4 is 4.72 Å². The lowest BCUT2D eigenvalue weighted by Gasteiger charge is -2.06. The fourth-order valence-electron chi connectivity index (χ4n) is 1.70. The van der Waals surface area contributed by atoms with Gasteiger partial charge >= 0.3 is 5.97 Å². The van der Waals surface area contributed by atoms with E-state index in [0.29, 0.717) is 31.4 Å². The van der Waals surface area contributed by atoms with Crippen LogP contribution in [0.4, 0.5) is 0 Å². The van der Waals surface area contributed by atoms with E-state index in [1.165, 1.54) is 25.3 Å². The van der Waals surface area contributed by atoms with Gasteiger partial charge in [-0.2, -0.15) is 5.26 Å². The van der Waals surface area contributed by atoms with E-state index in [1.54, 1.807) is 6.07 Å². The standard InChI is InChI=1S/C14H18N2O4S/c1-20-14(17)8-3-2-4-9-16-21(18,19)13-7-5-6-12(10-13)11-15/h5-7,10,16H,2-4,8-9H2,1H3. The van der Waals surface area contributed by atoms with Crippen LogP contribution in [0.3, 0.4) is 0 Å². The summed E-state index contributed by atoms with van der Waals surface area (Å²) >= 11 is 0. The number of carbonyl (C=O) groups excluding carboxylic acids is 1. The molecule has 0 unspecified atom stereocenters. The lowest BCUT2D eigenvalue weighted by atomic mass is 10.2. The first-order valence-corrected chi connectivity index (χ1v) is 8.04. The number of rotatable bonds is 8. The van der Waals surface area contributed by atoms with Gasteiger partial charge in [-0.15, -0.1) is 0 Å². The highest BCUT2D eigenvalue weighted by molar-refractivity contribution is 7.89. The summed E-state index contributed by atoms with van der Waals surface area (Å²) in [6.07, 6.45) is 2.37. The summed E-state index contributed by atoms with van der Waals surface area (Å²) in [5, 5.41) is 8.76. The Balaban J connectivity index is 2.40. The number of ether oxygens (including phenoxy) is 1. The molecule has 1 aromatic rings. The number of nitrogens with one attached hydrogen (secondary N) is 1. The second kappa shape index (κ2) is 8.39. The van der Waals surface area contributed by atoms with Crippen LogP contribution in [0.5, 0.6) is 0 Å². The van der Waals surface area contributed by atoms with E-state index in [0.717, 1.165) is 6.42 Å². The third-order valence-corrected chi connectivity index (χ3v) is 4.31. The first-order chi connectivity index (χ1) is 9.99. The number of sulfonamides is 1. The SMILES string of the molecule is COC(=O)CCCCCNS(=O)(=O)c1cccc(C#N)c1. The molecule has 0 spiro atoms. The fraction of sp³-hybridized carbons (Fsp3) is 0.429. The van der Waals surface area contributed by atoms with Crippen molar-refractivity contribution in [2.75, 3.05) is 13.7 Å². The Kier molecular flexibility index (Phi) is 6.85. The van der Waals surface area contributed by atoms with Crippen LogP contribution in [0.2, 0.25) is 0 Å². The Labute approximate surface area is 124 Å². The van der Waals surface area contributed by atoms with Crippen molar-refractivity contribution in [2.24, 2.45) is 0 Å². The van der Waals surface area contributed by atoms with Crippen molar-refractivity contribution >= 4 is 16.0 Å². The Bertz CT molecular complexity index is 620. The van der Waals surface area contributed by atoms with E-state index in [-0.39, 0.29) is 10.9 Å². The van der Waals surface area contributed by atoms with E-state index >= 15 is 0 Å². The maximum Gasteiger partial charge on any atom is 0.305 e. The highest BCUT2D eigenvalue weighted by Crippen LogP contribution is 2.11. The number of benzene rings is 1. The van der Waals surface area contributed by atoms with Gasteiger partial charge < -0.3 is 4.74 Å². The largest absolute Gasteiger partial charge is 0.469 e. The number of hydrogen-bond acceptors (Lipinski definition) is 5. The molecular weight excluding hydrogens is 292 g/mol. The Morgan fingerprint density at radius 1 is 1.33 bits per heavy atom. The second-order valence-electron chi connectivity index (χ2n) is 4.42. The van der Waals surface area contributed by atoms with Crippen LogP contribution in [0.15, 0.2) is 29.2 Å². The number of unbranched alkanes of at least 4 members (excludes halogenated alkanes) is 2. The minimum atomic E-state index is -3.59. The summed E-state index contributed by atoms with van der Waals surface area (Å²) in [5.74, 6) is -0.260. The lowest BCUT2D eigenvalue weighted by molar-refractivity contribution is -0.140. The summed E-state index contributed by atoms with van der Waals surface area (Å²) in [7, 11) is -2.25. The van der Waals surface area contributed by atoms with E-state index in [1.807, 2.05) is 6.07 Å². The average molecular weight is 310 g/mol. The Hall–Kier alpha value is -1.91. The molecule has 1 rings (SSSR count). The highest BCUT2D eigenvalue weighted by atomic mass is 32.2. The van der Waals surface area contributed by atoms with E-state index in [4.69, 9.17) is 5.26 Å². The molecule has 0 heterocycles. The molecule has 0 aliphatic carbocycles. The maximum atomic E-state index is 12.0. The molecule has 0 amide bonds. The van der Waals surface area contributed by atoms with Gasteiger partial charge in [-0.1, -0.05) is 12.5 Å². The van der Waals surface area contributed by atoms with Gasteiger partial charge in [0, 0.05) is 13.0 Å². The molecule has 0 saturated heterocycles. The molecule has 1 N–H and O–H groups in total. The van der Waals surface area contributed by atoms with Crippen LogP contribution in [0, 0.1) is 11.3 Å². The van der Waals surface area contributed by atoms with Crippen LogP contribution in [0.1, 0.15) is 31.2 Å². The van der Waals surface area contributed by atoms with Crippen molar-refractivity contribution < 1.29 is 17.9 Å². The van der Waals surface area contributed by atoms with Gasteiger partial charge in [0.25, 0.3) is 0 Å². The molecule has 0 saturated carbocycles. The number of carbonyl (C=O) groups is 1. The maximum absolute atomic E-state index is 12.0. The summed E-state index contributed by atoms with van der Waals surface area (Å²) in [4.78, 5) is 11.0. The molecule has 21 heavy (non-hydrogen) atoms. The number of nitrogens with zero attached hydrogens (tertiary/aromatic N) is 1. The predicted octanol–water partition coefficient (Wildman–Crippen LogP) is 1.57. The smallest absolute Gasteiger partial charge is 0.305 e. The van der Waals surface area contributed by atoms with Crippen molar-refractivity contribution in [3.05, 3.63) is 29.8 Å². The Morgan fingerprint density at radius 3 is 2.76 bits per heavy atom. The molecule has 0 radical (unpaired) electrons. The first-order valence-electron chi connectivity index (χ1n) is 6.56. The quantitative estimate of drug-likeness (QED) is 0.581. The number of methoxy groups -OCH3 is 1. The van der Waals surface area contributed by atoms with Gasteiger partial charge in [-0.25, -0.2) is 13.1 Å². The molecule has 0 aromatic heterocycles. The zero-order chi connectivity index (χ0) is 15.7. The van der Waals surface area contributed by atoms with Crippen LogP contribution in [-0.2, 0) is 19.6 Å². The number of hydrogen-bond donors (Lipinski definition) is 1. The normalized spacial score (nSPS) is 10.9. The molecule has 0 aliphatic heterocycles. The zero-order valence-electron chi connectivity index (χ0n) is 11.8. The highest BCUT2D eigenvalue weighted by Gasteiger charge is 2.13. The Morgan fingerprint density at radius 2 is 2.10 bits per heavy atom. The van der Waals surface area contributed by atoms with Crippen LogP contribution in [-0.4, -0.2) is 28.0 Å². The first kappa shape index (κ1) is 17.1. The summed E-state index contributed by atoms with van der Waals surface area (Å²) in [5.41, 5.74) is 0.302. The molecule has 0 aliphatic rings. The molecule has 7 heteroatoms. The van der Waals surface area contributed by atoms with Gasteiger partial charge in [0.15, 0.2) is 0 Å². The third-order valence-electron chi connectivity index (χ3n) is 2.85. The minimum Gasteiger partial charge on any atom is -0.469 e. The van der Waals surface area contributed by atoms with Crippen LogP contribution in [0.25, 0.3) is 0 Å². The average Bonchev–Trinajstić information content (AvgIpc) is 2.50. The number of nitriles is 1. The van der Waals surface area contributed by atoms with Crippen molar-refractivity contribution in [2.45, 2.75) is 30.6 Å². The van der Waals surface area contributed by atoms with E-state index in [9.17, 15) is 13.2 Å².